The van der Waals surface area contributed by atoms with E-state index in [1.165, 1.54) is 4.90 Å². The van der Waals surface area contributed by atoms with E-state index in [-0.39, 0.29) is 17.5 Å². The first-order chi connectivity index (χ1) is 7.81. The van der Waals surface area contributed by atoms with Crippen LogP contribution in [0.2, 0.25) is 5.02 Å². The van der Waals surface area contributed by atoms with Crippen LogP contribution in [0.1, 0.15) is 24.2 Å². The number of nitrogens with zero attached hydrogens (tertiary/aromatic N) is 1. The normalized spacial score (nSPS) is 11.4. The van der Waals surface area contributed by atoms with Crippen molar-refractivity contribution in [1.82, 2.24) is 4.90 Å². The molecule has 5 heteroatoms. The van der Waals surface area contributed by atoms with Gasteiger partial charge in [-0.05, 0) is 26.0 Å². The predicted molar refractivity (Wildman–Crippen MR) is 69.1 cm³/mol. The van der Waals surface area contributed by atoms with Crippen molar-refractivity contribution in [2.75, 3.05) is 19.4 Å². The first kappa shape index (κ1) is 13.8. The lowest BCUT2D eigenvalue weighted by atomic mass is 10.0. The van der Waals surface area contributed by atoms with Crippen molar-refractivity contribution in [2.45, 2.75) is 19.4 Å². The van der Waals surface area contributed by atoms with Crippen LogP contribution in [0.5, 0.6) is 0 Å². The molecule has 3 N–H and O–H groups in total. The summed E-state index contributed by atoms with van der Waals surface area (Å²) in [5, 5.41) is 9.48. The molecular weight excluding hydrogens is 240 g/mol. The van der Waals surface area contributed by atoms with E-state index in [1.807, 2.05) is 0 Å². The molecule has 1 rings (SSSR count). The van der Waals surface area contributed by atoms with Crippen LogP contribution >= 0.6 is 11.6 Å². The molecule has 0 aliphatic heterocycles. The molecule has 0 radical (unpaired) electrons. The van der Waals surface area contributed by atoms with Crippen LogP contribution in [0.25, 0.3) is 0 Å². The Morgan fingerprint density at radius 3 is 2.65 bits per heavy atom. The minimum Gasteiger partial charge on any atom is -0.398 e. The maximum absolute atomic E-state index is 12.2. The van der Waals surface area contributed by atoms with E-state index in [4.69, 9.17) is 17.3 Å². The van der Waals surface area contributed by atoms with Crippen LogP contribution in [0.3, 0.4) is 0 Å². The molecule has 0 spiro atoms. The zero-order valence-electron chi connectivity index (χ0n) is 10.2. The van der Waals surface area contributed by atoms with Gasteiger partial charge in [0.25, 0.3) is 5.91 Å². The van der Waals surface area contributed by atoms with Crippen molar-refractivity contribution in [1.29, 1.82) is 0 Å². The van der Waals surface area contributed by atoms with Crippen molar-refractivity contribution in [3.8, 4) is 0 Å². The van der Waals surface area contributed by atoms with Gasteiger partial charge in [0.05, 0.1) is 28.4 Å². The minimum atomic E-state index is -0.648. The Morgan fingerprint density at radius 2 is 2.12 bits per heavy atom. The van der Waals surface area contributed by atoms with E-state index in [0.717, 1.165) is 0 Å². The number of hydrogen-bond acceptors (Lipinski definition) is 3. The standard InChI is InChI=1S/C12H17ClN2O2/c1-12(2,7-16)15(3)11(17)8-5-4-6-9(14)10(8)13/h4-6,16H,7,14H2,1-3H3. The Bertz CT molecular complexity index is 433. The summed E-state index contributed by atoms with van der Waals surface area (Å²) in [5.41, 5.74) is 5.71. The van der Waals surface area contributed by atoms with E-state index in [0.29, 0.717) is 11.3 Å². The van der Waals surface area contributed by atoms with Gasteiger partial charge in [-0.3, -0.25) is 4.79 Å². The quantitative estimate of drug-likeness (QED) is 0.810. The van der Waals surface area contributed by atoms with Crippen LogP contribution in [0.15, 0.2) is 18.2 Å². The first-order valence-corrected chi connectivity index (χ1v) is 5.62. The van der Waals surface area contributed by atoms with Gasteiger partial charge >= 0.3 is 0 Å². The summed E-state index contributed by atoms with van der Waals surface area (Å²) >= 11 is 5.99. The second-order valence-electron chi connectivity index (χ2n) is 4.54. The molecule has 0 saturated carbocycles. The number of aliphatic hydroxyl groups is 1. The number of aliphatic hydroxyl groups excluding tert-OH is 1. The number of hydrogen-bond donors (Lipinski definition) is 2. The average Bonchev–Trinajstić information content (AvgIpc) is 2.30. The lowest BCUT2D eigenvalue weighted by Gasteiger charge is -2.34. The molecule has 0 aromatic heterocycles. The number of halogens is 1. The number of rotatable bonds is 3. The number of nitrogen functional groups attached to an aromatic ring is 1. The highest BCUT2D eigenvalue weighted by Gasteiger charge is 2.28. The maximum atomic E-state index is 12.2. The van der Waals surface area contributed by atoms with Crippen LogP contribution in [0, 0.1) is 0 Å². The highest BCUT2D eigenvalue weighted by atomic mass is 35.5. The molecule has 0 saturated heterocycles. The van der Waals surface area contributed by atoms with Crippen LogP contribution in [0.4, 0.5) is 5.69 Å². The Hall–Kier alpha value is -1.26. The number of carbonyl (C=O) groups is 1. The zero-order chi connectivity index (χ0) is 13.2. The molecule has 0 heterocycles. The molecule has 0 atom stereocenters. The third-order valence-corrected chi connectivity index (χ3v) is 3.28. The Morgan fingerprint density at radius 1 is 1.53 bits per heavy atom. The molecule has 0 aliphatic carbocycles. The van der Waals surface area contributed by atoms with Crippen LogP contribution in [-0.4, -0.2) is 35.1 Å². The highest BCUT2D eigenvalue weighted by Crippen LogP contribution is 2.25. The third-order valence-electron chi connectivity index (χ3n) is 2.86. The minimum absolute atomic E-state index is 0.130. The molecule has 0 unspecified atom stereocenters. The Labute approximate surface area is 106 Å². The van der Waals surface area contributed by atoms with Crippen molar-refractivity contribution in [3.63, 3.8) is 0 Å². The monoisotopic (exact) mass is 256 g/mol. The molecule has 17 heavy (non-hydrogen) atoms. The van der Waals surface area contributed by atoms with Gasteiger partial charge in [-0.25, -0.2) is 0 Å². The van der Waals surface area contributed by atoms with Crippen molar-refractivity contribution < 1.29 is 9.90 Å². The maximum Gasteiger partial charge on any atom is 0.255 e. The van der Waals surface area contributed by atoms with E-state index < -0.39 is 5.54 Å². The highest BCUT2D eigenvalue weighted by molar-refractivity contribution is 6.36. The van der Waals surface area contributed by atoms with Gasteiger partial charge in [-0.2, -0.15) is 0 Å². The lowest BCUT2D eigenvalue weighted by molar-refractivity contribution is 0.0473. The predicted octanol–water partition coefficient (Wildman–Crippen LogP) is 1.77. The third kappa shape index (κ3) is 2.70. The summed E-state index contributed by atoms with van der Waals surface area (Å²) in [6.07, 6.45) is 0. The average molecular weight is 257 g/mol. The van der Waals surface area contributed by atoms with Crippen LogP contribution in [-0.2, 0) is 0 Å². The SMILES string of the molecule is CN(C(=O)c1cccc(N)c1Cl)C(C)(C)CO. The number of carbonyl (C=O) groups excluding carboxylic acids is 1. The van der Waals surface area contributed by atoms with Gasteiger partial charge in [-0.15, -0.1) is 0 Å². The molecule has 0 fully saturated rings. The van der Waals surface area contributed by atoms with Crippen molar-refractivity contribution in [3.05, 3.63) is 28.8 Å². The fraction of sp³-hybridized carbons (Fsp3) is 0.417. The van der Waals surface area contributed by atoms with Gasteiger partial charge in [-0.1, -0.05) is 17.7 Å². The van der Waals surface area contributed by atoms with Crippen LogP contribution < -0.4 is 5.73 Å². The topological polar surface area (TPSA) is 66.6 Å². The van der Waals surface area contributed by atoms with Gasteiger partial charge in [0, 0.05) is 7.05 Å². The number of anilines is 1. The zero-order valence-corrected chi connectivity index (χ0v) is 11.0. The number of likely N-dealkylation sites (N-methyl/N-ethyl adjacent to an activating group) is 1. The van der Waals surface area contributed by atoms with Gasteiger partial charge in [0.1, 0.15) is 0 Å². The number of amides is 1. The molecule has 0 bridgehead atoms. The Balaban J connectivity index is 3.09. The second-order valence-corrected chi connectivity index (χ2v) is 4.92. The van der Waals surface area contributed by atoms with Crippen molar-refractivity contribution in [2.24, 2.45) is 0 Å². The van der Waals surface area contributed by atoms with Gasteiger partial charge in [0.15, 0.2) is 0 Å². The molecule has 4 nitrogen and oxygen atoms in total. The summed E-state index contributed by atoms with van der Waals surface area (Å²) in [7, 11) is 1.62. The summed E-state index contributed by atoms with van der Waals surface area (Å²) in [6.45, 7) is 3.41. The number of benzene rings is 1. The van der Waals surface area contributed by atoms with E-state index in [2.05, 4.69) is 0 Å². The van der Waals surface area contributed by atoms with E-state index in [1.54, 1.807) is 39.1 Å². The number of nitrogens with two attached hydrogens (primary N) is 1. The fourth-order valence-corrected chi connectivity index (χ4v) is 1.48. The van der Waals surface area contributed by atoms with Gasteiger partial charge in [0.2, 0.25) is 0 Å². The summed E-state index contributed by atoms with van der Waals surface area (Å²) in [5.74, 6) is -0.263. The second kappa shape index (κ2) is 4.94. The summed E-state index contributed by atoms with van der Waals surface area (Å²) < 4.78 is 0. The van der Waals surface area contributed by atoms with E-state index >= 15 is 0 Å². The molecule has 94 valence electrons. The van der Waals surface area contributed by atoms with E-state index in [9.17, 15) is 9.90 Å². The first-order valence-electron chi connectivity index (χ1n) is 5.24. The van der Waals surface area contributed by atoms with Crippen molar-refractivity contribution >= 4 is 23.2 Å². The molecule has 1 aromatic rings. The molecule has 1 aromatic carbocycles. The summed E-state index contributed by atoms with van der Waals surface area (Å²) in [6, 6.07) is 4.93. The molecular formula is C12H17ClN2O2. The summed E-state index contributed by atoms with van der Waals surface area (Å²) in [4.78, 5) is 13.7. The molecule has 0 aliphatic rings. The Kier molecular flexibility index (Phi) is 4.01. The van der Waals surface area contributed by atoms with Gasteiger partial charge < -0.3 is 15.7 Å². The fourth-order valence-electron chi connectivity index (χ4n) is 1.28. The smallest absolute Gasteiger partial charge is 0.255 e. The lowest BCUT2D eigenvalue weighted by Crippen LogP contribution is -2.47. The largest absolute Gasteiger partial charge is 0.398 e. The molecule has 1 amide bonds.